The summed E-state index contributed by atoms with van der Waals surface area (Å²) in [4.78, 5) is 37.7. The summed E-state index contributed by atoms with van der Waals surface area (Å²) in [6.07, 6.45) is 5.89. The summed E-state index contributed by atoms with van der Waals surface area (Å²) in [5, 5.41) is 17.5. The third-order valence-electron chi connectivity index (χ3n) is 5.46. The van der Waals surface area contributed by atoms with Crippen molar-refractivity contribution in [1.29, 1.82) is 0 Å². The number of hydrogen-bond acceptors (Lipinski definition) is 5. The molecule has 0 aromatic carbocycles. The number of carboxylic acid groups (broad SMARTS) is 1. The fraction of sp³-hybridized carbons (Fsp3) is 0.579. The van der Waals surface area contributed by atoms with Crippen molar-refractivity contribution in [3.05, 3.63) is 16.6 Å². The molecular formula is C19H27N5O4S. The molecule has 1 atom stereocenters. The van der Waals surface area contributed by atoms with E-state index in [2.05, 4.69) is 10.00 Å². The Morgan fingerprint density at radius 1 is 1.38 bits per heavy atom. The zero-order valence-corrected chi connectivity index (χ0v) is 17.5. The van der Waals surface area contributed by atoms with Gasteiger partial charge in [0.2, 0.25) is 0 Å². The van der Waals surface area contributed by atoms with Crippen molar-refractivity contribution in [3.63, 3.8) is 0 Å². The number of nitrogens with two attached hydrogens (primary N) is 1. The van der Waals surface area contributed by atoms with Crippen LogP contribution >= 0.6 is 11.3 Å². The lowest BCUT2D eigenvalue weighted by Crippen LogP contribution is -2.49. The van der Waals surface area contributed by atoms with E-state index < -0.39 is 18.0 Å². The molecule has 10 heteroatoms. The monoisotopic (exact) mass is 421 g/mol. The number of thiophene rings is 1. The van der Waals surface area contributed by atoms with Gasteiger partial charge in [-0.25, -0.2) is 9.59 Å². The van der Waals surface area contributed by atoms with Crippen LogP contribution in [0.5, 0.6) is 0 Å². The minimum absolute atomic E-state index is 0.0221. The maximum Gasteiger partial charge on any atom is 0.326 e. The average molecular weight is 422 g/mol. The van der Waals surface area contributed by atoms with Crippen LogP contribution in [0.3, 0.4) is 0 Å². The highest BCUT2D eigenvalue weighted by molar-refractivity contribution is 7.20. The van der Waals surface area contributed by atoms with E-state index in [0.29, 0.717) is 10.9 Å². The van der Waals surface area contributed by atoms with Crippen LogP contribution in [0.15, 0.2) is 6.07 Å². The van der Waals surface area contributed by atoms with Gasteiger partial charge in [0.25, 0.3) is 5.91 Å². The number of carbonyl (C=O) groups is 3. The van der Waals surface area contributed by atoms with E-state index in [-0.39, 0.29) is 19.0 Å². The maximum absolute atomic E-state index is 12.6. The third-order valence-corrected chi connectivity index (χ3v) is 6.58. The van der Waals surface area contributed by atoms with Gasteiger partial charge in [-0.15, -0.1) is 11.3 Å². The molecule has 1 saturated carbocycles. The molecule has 4 N–H and O–H groups in total. The van der Waals surface area contributed by atoms with E-state index in [1.165, 1.54) is 37.5 Å². The molecule has 1 aliphatic rings. The van der Waals surface area contributed by atoms with Gasteiger partial charge in [0.1, 0.15) is 10.9 Å². The summed E-state index contributed by atoms with van der Waals surface area (Å²) >= 11 is 1.41. The van der Waals surface area contributed by atoms with Crippen LogP contribution < -0.4 is 11.1 Å². The predicted octanol–water partition coefficient (Wildman–Crippen LogP) is 2.50. The fourth-order valence-electron chi connectivity index (χ4n) is 3.76. The molecule has 3 amide bonds. The summed E-state index contributed by atoms with van der Waals surface area (Å²) in [5.41, 5.74) is 6.16. The lowest BCUT2D eigenvalue weighted by atomic mass is 9.96. The number of primary amides is 1. The predicted molar refractivity (Wildman–Crippen MR) is 110 cm³/mol. The number of aryl methyl sites for hydroxylation is 1. The summed E-state index contributed by atoms with van der Waals surface area (Å²) in [6, 6.07) is 0.344. The van der Waals surface area contributed by atoms with Crippen molar-refractivity contribution < 1.29 is 19.5 Å². The zero-order valence-electron chi connectivity index (χ0n) is 16.7. The van der Waals surface area contributed by atoms with Crippen molar-refractivity contribution in [2.45, 2.75) is 58.0 Å². The molecule has 1 aliphatic carbocycles. The number of carbonyl (C=O) groups excluding carboxylic acids is 2. The van der Waals surface area contributed by atoms with Crippen molar-refractivity contribution in [2.75, 3.05) is 13.1 Å². The summed E-state index contributed by atoms with van der Waals surface area (Å²) in [6.45, 7) is 3.46. The van der Waals surface area contributed by atoms with Crippen molar-refractivity contribution in [2.24, 2.45) is 5.73 Å². The SMILES string of the molecule is Cc1nn(C2CCCCC2)c2sc(C(=O)NCCN(C(N)=O)C(C)C(=O)O)cc12. The number of carboxylic acids is 1. The number of aromatic nitrogens is 2. The molecule has 158 valence electrons. The number of fused-ring (bicyclic) bond motifs is 1. The normalized spacial score (nSPS) is 15.9. The van der Waals surface area contributed by atoms with Gasteiger partial charge in [-0.1, -0.05) is 19.3 Å². The van der Waals surface area contributed by atoms with Crippen molar-refractivity contribution >= 4 is 39.5 Å². The second-order valence-corrected chi connectivity index (χ2v) is 8.48. The minimum Gasteiger partial charge on any atom is -0.480 e. The Morgan fingerprint density at radius 2 is 2.07 bits per heavy atom. The fourth-order valence-corrected chi connectivity index (χ4v) is 4.91. The number of amides is 3. The van der Waals surface area contributed by atoms with Gasteiger partial charge in [-0.3, -0.25) is 9.48 Å². The lowest BCUT2D eigenvalue weighted by Gasteiger charge is -2.24. The van der Waals surface area contributed by atoms with Gasteiger partial charge in [0, 0.05) is 18.5 Å². The van der Waals surface area contributed by atoms with E-state index in [9.17, 15) is 14.4 Å². The van der Waals surface area contributed by atoms with Crippen LogP contribution in [0.4, 0.5) is 4.79 Å². The average Bonchev–Trinajstić information content (AvgIpc) is 3.25. The third kappa shape index (κ3) is 4.52. The Bertz CT molecular complexity index is 915. The highest BCUT2D eigenvalue weighted by Crippen LogP contribution is 2.35. The van der Waals surface area contributed by atoms with Gasteiger partial charge in [0.15, 0.2) is 0 Å². The first kappa shape index (κ1) is 21.1. The second-order valence-electron chi connectivity index (χ2n) is 7.45. The smallest absolute Gasteiger partial charge is 0.326 e. The van der Waals surface area contributed by atoms with Gasteiger partial charge in [-0.05, 0) is 32.8 Å². The maximum atomic E-state index is 12.6. The molecule has 2 heterocycles. The second kappa shape index (κ2) is 8.81. The van der Waals surface area contributed by atoms with Gasteiger partial charge >= 0.3 is 12.0 Å². The molecule has 0 radical (unpaired) electrons. The topological polar surface area (TPSA) is 131 Å². The van der Waals surface area contributed by atoms with E-state index >= 15 is 0 Å². The first-order chi connectivity index (χ1) is 13.8. The quantitative estimate of drug-likeness (QED) is 0.632. The van der Waals surface area contributed by atoms with Crippen LogP contribution in [-0.4, -0.2) is 56.8 Å². The van der Waals surface area contributed by atoms with Crippen LogP contribution in [0.1, 0.15) is 60.4 Å². The van der Waals surface area contributed by atoms with Crippen molar-refractivity contribution in [1.82, 2.24) is 20.0 Å². The number of nitrogens with zero attached hydrogens (tertiary/aromatic N) is 3. The molecule has 0 bridgehead atoms. The van der Waals surface area contributed by atoms with Crippen LogP contribution in [-0.2, 0) is 4.79 Å². The number of rotatable bonds is 7. The van der Waals surface area contributed by atoms with E-state index in [4.69, 9.17) is 15.9 Å². The van der Waals surface area contributed by atoms with Gasteiger partial charge < -0.3 is 21.1 Å². The van der Waals surface area contributed by atoms with Crippen LogP contribution in [0.2, 0.25) is 0 Å². The summed E-state index contributed by atoms with van der Waals surface area (Å²) in [5.74, 6) is -1.41. The summed E-state index contributed by atoms with van der Waals surface area (Å²) in [7, 11) is 0. The van der Waals surface area contributed by atoms with Crippen LogP contribution in [0, 0.1) is 6.92 Å². The molecule has 1 fully saturated rings. The number of hydrogen-bond donors (Lipinski definition) is 3. The Labute approximate surface area is 172 Å². The van der Waals surface area contributed by atoms with Crippen LogP contribution in [0.25, 0.3) is 10.2 Å². The van der Waals surface area contributed by atoms with Gasteiger partial charge in [-0.2, -0.15) is 5.10 Å². The van der Waals surface area contributed by atoms with E-state index in [0.717, 1.165) is 33.7 Å². The molecule has 3 rings (SSSR count). The van der Waals surface area contributed by atoms with Gasteiger partial charge in [0.05, 0.1) is 16.6 Å². The lowest BCUT2D eigenvalue weighted by molar-refractivity contribution is -0.141. The molecule has 0 saturated heterocycles. The highest BCUT2D eigenvalue weighted by Gasteiger charge is 2.25. The molecule has 0 aliphatic heterocycles. The minimum atomic E-state index is -1.15. The molecule has 1 unspecified atom stereocenters. The Balaban J connectivity index is 1.68. The van der Waals surface area contributed by atoms with E-state index in [1.54, 1.807) is 0 Å². The highest BCUT2D eigenvalue weighted by atomic mass is 32.1. The molecule has 29 heavy (non-hydrogen) atoms. The molecule has 9 nitrogen and oxygen atoms in total. The Kier molecular flexibility index (Phi) is 6.41. The molecule has 2 aromatic rings. The number of urea groups is 1. The zero-order chi connectivity index (χ0) is 21.1. The largest absolute Gasteiger partial charge is 0.480 e. The molecular weight excluding hydrogens is 394 g/mol. The molecule has 0 spiro atoms. The number of nitrogens with one attached hydrogen (secondary N) is 1. The first-order valence-electron chi connectivity index (χ1n) is 9.85. The Morgan fingerprint density at radius 3 is 2.69 bits per heavy atom. The number of aliphatic carboxylic acids is 1. The van der Waals surface area contributed by atoms with Crippen molar-refractivity contribution in [3.8, 4) is 0 Å². The molecule has 2 aromatic heterocycles. The summed E-state index contributed by atoms with van der Waals surface area (Å²) < 4.78 is 2.08. The Hall–Kier alpha value is -2.62. The first-order valence-corrected chi connectivity index (χ1v) is 10.7. The van der Waals surface area contributed by atoms with E-state index in [1.807, 2.05) is 13.0 Å². The standard InChI is InChI=1S/C19H27N5O4S/c1-11-14-10-15(29-17(14)24(22-11)13-6-4-3-5-7-13)16(25)21-8-9-23(19(20)28)12(2)18(26)27/h10,12-13H,3-9H2,1-2H3,(H2,20,28)(H,21,25)(H,26,27).